The molecule has 1 fully saturated rings. The molecule has 26 heavy (non-hydrogen) atoms. The average molecular weight is 382 g/mol. The molecule has 0 saturated carbocycles. The maximum atomic E-state index is 12.9. The van der Waals surface area contributed by atoms with Crippen LogP contribution in [-0.2, 0) is 11.2 Å². The molecule has 1 saturated heterocycles. The lowest BCUT2D eigenvalue weighted by atomic mass is 10.1. The van der Waals surface area contributed by atoms with Crippen molar-refractivity contribution in [3.05, 3.63) is 77.2 Å². The van der Waals surface area contributed by atoms with Crippen LogP contribution in [0, 0.1) is 0 Å². The van der Waals surface area contributed by atoms with Crippen LogP contribution >= 0.6 is 24.0 Å². The van der Waals surface area contributed by atoms with Crippen LogP contribution < -0.4 is 9.64 Å². The summed E-state index contributed by atoms with van der Waals surface area (Å²) in [5.41, 5.74) is 2.86. The van der Waals surface area contributed by atoms with Gasteiger partial charge in [0, 0.05) is 5.56 Å². The molecular formula is C21H19NO2S2. The lowest BCUT2D eigenvalue weighted by Gasteiger charge is -2.14. The van der Waals surface area contributed by atoms with Crippen molar-refractivity contribution >= 4 is 46.0 Å². The molecule has 0 aliphatic carbocycles. The fourth-order valence-electron chi connectivity index (χ4n) is 2.59. The van der Waals surface area contributed by atoms with Gasteiger partial charge in [-0.05, 0) is 36.3 Å². The number of thioether (sulfide) groups is 1. The number of benzene rings is 2. The third-order valence-corrected chi connectivity index (χ3v) is 5.26. The summed E-state index contributed by atoms with van der Waals surface area (Å²) in [6.45, 7) is 6.18. The van der Waals surface area contributed by atoms with Crippen LogP contribution in [0.2, 0.25) is 0 Å². The molecule has 1 aliphatic heterocycles. The maximum absolute atomic E-state index is 12.9. The maximum Gasteiger partial charge on any atom is 0.270 e. The van der Waals surface area contributed by atoms with Gasteiger partial charge in [-0.15, -0.1) is 0 Å². The molecule has 0 spiro atoms. The minimum Gasteiger partial charge on any atom is -0.489 e. The van der Waals surface area contributed by atoms with Gasteiger partial charge in [-0.1, -0.05) is 73.9 Å². The number of carbonyl (C=O) groups excluding carboxylic acids is 1. The van der Waals surface area contributed by atoms with Crippen molar-refractivity contribution in [1.82, 2.24) is 0 Å². The van der Waals surface area contributed by atoms with Gasteiger partial charge in [0.25, 0.3) is 5.91 Å². The Morgan fingerprint density at radius 2 is 1.92 bits per heavy atom. The summed E-state index contributed by atoms with van der Waals surface area (Å²) < 4.78 is 6.20. The molecule has 1 amide bonds. The first-order valence-electron chi connectivity index (χ1n) is 8.33. The van der Waals surface area contributed by atoms with E-state index in [-0.39, 0.29) is 5.91 Å². The highest BCUT2D eigenvalue weighted by Crippen LogP contribution is 2.37. The summed E-state index contributed by atoms with van der Waals surface area (Å²) in [7, 11) is 0. The third-order valence-electron chi connectivity index (χ3n) is 3.96. The monoisotopic (exact) mass is 381 g/mol. The number of nitrogens with zero attached hydrogens (tertiary/aromatic N) is 1. The number of ether oxygens (including phenoxy) is 1. The quantitative estimate of drug-likeness (QED) is 0.390. The van der Waals surface area contributed by atoms with Gasteiger partial charge in [-0.2, -0.15) is 0 Å². The Morgan fingerprint density at radius 1 is 1.19 bits per heavy atom. The van der Waals surface area contributed by atoms with Crippen molar-refractivity contribution in [2.45, 2.75) is 13.3 Å². The van der Waals surface area contributed by atoms with Crippen LogP contribution in [0.5, 0.6) is 5.75 Å². The predicted octanol–water partition coefficient (Wildman–Crippen LogP) is 5.22. The van der Waals surface area contributed by atoms with Crippen LogP contribution in [0.3, 0.4) is 0 Å². The van der Waals surface area contributed by atoms with Crippen LogP contribution in [-0.4, -0.2) is 16.8 Å². The Hall–Kier alpha value is -2.37. The number of hydrogen-bond donors (Lipinski definition) is 0. The molecule has 1 aliphatic rings. The largest absolute Gasteiger partial charge is 0.489 e. The number of thiocarbonyl (C=S) groups is 1. The van der Waals surface area contributed by atoms with Crippen LogP contribution in [0.4, 0.5) is 5.69 Å². The molecule has 0 aromatic heterocycles. The molecule has 5 heteroatoms. The Kier molecular flexibility index (Phi) is 5.91. The SMILES string of the molecule is C=CCOc1ccccc1C=C1SC(=S)N(c2ccc(CC)cc2)C1=O. The molecule has 0 bridgehead atoms. The molecule has 0 atom stereocenters. The zero-order valence-electron chi connectivity index (χ0n) is 14.5. The molecule has 1 heterocycles. The summed E-state index contributed by atoms with van der Waals surface area (Å²) in [5, 5.41) is 0. The first kappa shape index (κ1) is 18.4. The first-order valence-corrected chi connectivity index (χ1v) is 9.56. The van der Waals surface area contributed by atoms with Gasteiger partial charge >= 0.3 is 0 Å². The van der Waals surface area contributed by atoms with Crippen LogP contribution in [0.15, 0.2) is 66.1 Å². The van der Waals surface area contributed by atoms with E-state index in [1.54, 1.807) is 11.0 Å². The summed E-state index contributed by atoms with van der Waals surface area (Å²) in [5.74, 6) is 0.604. The summed E-state index contributed by atoms with van der Waals surface area (Å²) in [4.78, 5) is 15.1. The van der Waals surface area contributed by atoms with Gasteiger partial charge in [-0.25, -0.2) is 0 Å². The van der Waals surface area contributed by atoms with Gasteiger partial charge < -0.3 is 4.74 Å². The Balaban J connectivity index is 1.89. The number of para-hydroxylation sites is 1. The molecule has 132 valence electrons. The van der Waals surface area contributed by atoms with Crippen molar-refractivity contribution in [3.63, 3.8) is 0 Å². The van der Waals surface area contributed by atoms with E-state index in [2.05, 4.69) is 13.5 Å². The summed E-state index contributed by atoms with van der Waals surface area (Å²) in [6, 6.07) is 15.5. The highest BCUT2D eigenvalue weighted by Gasteiger charge is 2.33. The Bertz CT molecular complexity index is 872. The van der Waals surface area contributed by atoms with Crippen LogP contribution in [0.25, 0.3) is 6.08 Å². The zero-order valence-corrected chi connectivity index (χ0v) is 16.1. The average Bonchev–Trinajstić information content (AvgIpc) is 2.94. The Morgan fingerprint density at radius 3 is 2.62 bits per heavy atom. The zero-order chi connectivity index (χ0) is 18.5. The van der Waals surface area contributed by atoms with Crippen LogP contribution in [0.1, 0.15) is 18.1 Å². The molecule has 2 aromatic carbocycles. The van der Waals surface area contributed by atoms with Crippen molar-refractivity contribution in [3.8, 4) is 5.75 Å². The number of amides is 1. The lowest BCUT2D eigenvalue weighted by molar-refractivity contribution is -0.113. The van der Waals surface area contributed by atoms with Gasteiger partial charge in [0.2, 0.25) is 0 Å². The highest BCUT2D eigenvalue weighted by molar-refractivity contribution is 8.27. The van der Waals surface area contributed by atoms with Crippen molar-refractivity contribution < 1.29 is 9.53 Å². The van der Waals surface area contributed by atoms with E-state index in [0.717, 1.165) is 17.7 Å². The van der Waals surface area contributed by atoms with E-state index < -0.39 is 0 Å². The van der Waals surface area contributed by atoms with E-state index in [0.29, 0.717) is 21.6 Å². The first-order chi connectivity index (χ1) is 12.6. The van der Waals surface area contributed by atoms with Gasteiger partial charge in [-0.3, -0.25) is 9.69 Å². The fraction of sp³-hybridized carbons (Fsp3) is 0.143. The van der Waals surface area contributed by atoms with Gasteiger partial charge in [0.05, 0.1) is 10.6 Å². The molecule has 0 unspecified atom stereocenters. The van der Waals surface area contributed by atoms with Gasteiger partial charge in [0.1, 0.15) is 12.4 Å². The van der Waals surface area contributed by atoms with E-state index in [1.165, 1.54) is 17.3 Å². The highest BCUT2D eigenvalue weighted by atomic mass is 32.2. The second-order valence-electron chi connectivity index (χ2n) is 5.67. The topological polar surface area (TPSA) is 29.5 Å². The number of carbonyl (C=O) groups is 1. The van der Waals surface area contributed by atoms with E-state index in [9.17, 15) is 4.79 Å². The number of hydrogen-bond acceptors (Lipinski definition) is 4. The summed E-state index contributed by atoms with van der Waals surface area (Å²) in [6.07, 6.45) is 4.48. The minimum absolute atomic E-state index is 0.109. The Labute approximate surface area is 163 Å². The van der Waals surface area contributed by atoms with Crippen molar-refractivity contribution in [1.29, 1.82) is 0 Å². The smallest absolute Gasteiger partial charge is 0.270 e. The van der Waals surface area contributed by atoms with E-state index >= 15 is 0 Å². The standard InChI is InChI=1S/C21H19NO2S2/c1-3-13-24-18-8-6-5-7-16(18)14-19-20(23)22(21(25)26-19)17-11-9-15(4-2)10-12-17/h3,5-12,14H,1,4,13H2,2H3. The summed E-state index contributed by atoms with van der Waals surface area (Å²) >= 11 is 6.75. The number of anilines is 1. The molecule has 3 rings (SSSR count). The third kappa shape index (κ3) is 3.89. The lowest BCUT2D eigenvalue weighted by Crippen LogP contribution is -2.27. The minimum atomic E-state index is -0.109. The van der Waals surface area contributed by atoms with E-state index in [1.807, 2.05) is 54.6 Å². The fourth-order valence-corrected chi connectivity index (χ4v) is 3.88. The number of rotatable bonds is 6. The van der Waals surface area contributed by atoms with E-state index in [4.69, 9.17) is 17.0 Å². The molecule has 3 nitrogen and oxygen atoms in total. The molecular weight excluding hydrogens is 362 g/mol. The second-order valence-corrected chi connectivity index (χ2v) is 7.35. The normalized spacial score (nSPS) is 15.6. The van der Waals surface area contributed by atoms with Crippen molar-refractivity contribution in [2.24, 2.45) is 0 Å². The van der Waals surface area contributed by atoms with Gasteiger partial charge in [0.15, 0.2) is 4.32 Å². The van der Waals surface area contributed by atoms with Crippen molar-refractivity contribution in [2.75, 3.05) is 11.5 Å². The molecule has 0 radical (unpaired) electrons. The number of aryl methyl sites for hydroxylation is 1. The second kappa shape index (κ2) is 8.34. The molecule has 2 aromatic rings. The molecule has 0 N–H and O–H groups in total. The predicted molar refractivity (Wildman–Crippen MR) is 114 cm³/mol.